The Bertz CT molecular complexity index is 879. The molecule has 3 aliphatic rings. The summed E-state index contributed by atoms with van der Waals surface area (Å²) >= 11 is 0. The van der Waals surface area contributed by atoms with Gasteiger partial charge in [0, 0.05) is 42.6 Å². The zero-order chi connectivity index (χ0) is 21.1. The molecule has 0 spiro atoms. The van der Waals surface area contributed by atoms with Crippen molar-refractivity contribution in [3.63, 3.8) is 0 Å². The predicted molar refractivity (Wildman–Crippen MR) is 99.8 cm³/mol. The van der Waals surface area contributed by atoms with Crippen LogP contribution in [0.3, 0.4) is 0 Å². The van der Waals surface area contributed by atoms with Gasteiger partial charge in [-0.15, -0.1) is 0 Å². The Morgan fingerprint density at radius 3 is 2.66 bits per heavy atom. The molecule has 2 aliphatic carbocycles. The second-order valence-electron chi connectivity index (χ2n) is 9.16. The minimum absolute atomic E-state index is 0.0636. The maximum Gasteiger partial charge on any atom is 0.314 e. The number of Topliss-reactive ketones (excluding diaryl/α,β-unsaturated/α-hetero) is 2. The number of hydrogen-bond acceptors (Lipinski definition) is 7. The lowest BCUT2D eigenvalue weighted by Crippen LogP contribution is -2.51. The van der Waals surface area contributed by atoms with Crippen molar-refractivity contribution in [3.05, 3.63) is 23.7 Å². The van der Waals surface area contributed by atoms with Gasteiger partial charge in [-0.2, -0.15) is 0 Å². The molecule has 1 aromatic rings. The molecule has 7 heteroatoms. The molecule has 2 fully saturated rings. The Hall–Kier alpha value is -2.44. The van der Waals surface area contributed by atoms with E-state index < -0.39 is 41.4 Å². The monoisotopic (exact) mass is 402 g/mol. The standard InChI is InChI=1S/C22H26O7/c1-10-13-9-15-12(6-8-27-15)17-16(13)18(29-21(17)26)19(28-11(2)23)20(25)22(3,4)7-5-14(10)24/h6,8,10,13,16-19H,5,7,9H2,1-4H3/t10-,13-,16-,17+,18-,19+/m1/s1. The summed E-state index contributed by atoms with van der Waals surface area (Å²) in [7, 11) is 0. The van der Waals surface area contributed by atoms with E-state index in [0.717, 1.165) is 5.56 Å². The van der Waals surface area contributed by atoms with E-state index in [2.05, 4.69) is 0 Å². The molecule has 4 rings (SSSR count). The molecular formula is C22H26O7. The smallest absolute Gasteiger partial charge is 0.314 e. The van der Waals surface area contributed by atoms with Gasteiger partial charge in [0.05, 0.1) is 12.2 Å². The molecule has 0 aromatic carbocycles. The minimum Gasteiger partial charge on any atom is -0.469 e. The van der Waals surface area contributed by atoms with Crippen molar-refractivity contribution in [2.24, 2.45) is 23.2 Å². The van der Waals surface area contributed by atoms with Gasteiger partial charge in [0.1, 0.15) is 11.5 Å². The number of ether oxygens (including phenoxy) is 2. The summed E-state index contributed by atoms with van der Waals surface area (Å²) in [6.07, 6.45) is 0.522. The average molecular weight is 402 g/mol. The first kappa shape index (κ1) is 19.9. The van der Waals surface area contributed by atoms with Gasteiger partial charge in [-0.25, -0.2) is 0 Å². The van der Waals surface area contributed by atoms with Crippen molar-refractivity contribution < 1.29 is 33.1 Å². The van der Waals surface area contributed by atoms with E-state index in [1.807, 2.05) is 6.92 Å². The summed E-state index contributed by atoms with van der Waals surface area (Å²) in [5.41, 5.74) is -0.147. The van der Waals surface area contributed by atoms with Crippen molar-refractivity contribution in [1.29, 1.82) is 0 Å². The van der Waals surface area contributed by atoms with Gasteiger partial charge >= 0.3 is 11.9 Å². The highest BCUT2D eigenvalue weighted by Gasteiger charge is 2.60. The van der Waals surface area contributed by atoms with Crippen molar-refractivity contribution >= 4 is 23.5 Å². The molecule has 1 aliphatic heterocycles. The topological polar surface area (TPSA) is 99.9 Å². The maximum absolute atomic E-state index is 13.4. The Morgan fingerprint density at radius 1 is 1.24 bits per heavy atom. The Kier molecular flexibility index (Phi) is 4.67. The minimum atomic E-state index is -1.18. The fourth-order valence-corrected chi connectivity index (χ4v) is 5.23. The molecule has 6 atom stereocenters. The van der Waals surface area contributed by atoms with Crippen molar-refractivity contribution in [3.8, 4) is 0 Å². The Morgan fingerprint density at radius 2 is 1.97 bits per heavy atom. The number of rotatable bonds is 1. The number of carbonyl (C=O) groups is 4. The van der Waals surface area contributed by atoms with Gasteiger partial charge in [0.15, 0.2) is 18.0 Å². The lowest BCUT2D eigenvalue weighted by Gasteiger charge is -2.40. The molecular weight excluding hydrogens is 376 g/mol. The van der Waals surface area contributed by atoms with Gasteiger partial charge in [0.25, 0.3) is 0 Å². The first-order chi connectivity index (χ1) is 13.6. The summed E-state index contributed by atoms with van der Waals surface area (Å²) in [5.74, 6) is -2.27. The van der Waals surface area contributed by atoms with Crippen molar-refractivity contribution in [2.75, 3.05) is 0 Å². The molecule has 29 heavy (non-hydrogen) atoms. The van der Waals surface area contributed by atoms with Gasteiger partial charge in [0.2, 0.25) is 0 Å². The highest BCUT2D eigenvalue weighted by Crippen LogP contribution is 2.52. The van der Waals surface area contributed by atoms with Crippen LogP contribution in [0.25, 0.3) is 0 Å². The van der Waals surface area contributed by atoms with Gasteiger partial charge < -0.3 is 13.9 Å². The van der Waals surface area contributed by atoms with Crippen LogP contribution in [0.4, 0.5) is 0 Å². The van der Waals surface area contributed by atoms with E-state index in [4.69, 9.17) is 13.9 Å². The van der Waals surface area contributed by atoms with Crippen molar-refractivity contribution in [2.45, 2.75) is 65.1 Å². The molecule has 1 saturated heterocycles. The average Bonchev–Trinajstić information content (AvgIpc) is 3.25. The fraction of sp³-hybridized carbons (Fsp3) is 0.636. The molecule has 0 radical (unpaired) electrons. The fourth-order valence-electron chi connectivity index (χ4n) is 5.23. The Labute approximate surface area is 169 Å². The highest BCUT2D eigenvalue weighted by atomic mass is 16.6. The second kappa shape index (κ2) is 6.82. The molecule has 156 valence electrons. The zero-order valence-electron chi connectivity index (χ0n) is 17.1. The normalized spacial score (nSPS) is 36.1. The van der Waals surface area contributed by atoms with Gasteiger partial charge in [-0.05, 0) is 18.4 Å². The van der Waals surface area contributed by atoms with Gasteiger partial charge in [-0.1, -0.05) is 20.8 Å². The zero-order valence-corrected chi connectivity index (χ0v) is 17.1. The molecule has 1 saturated carbocycles. The number of carbonyl (C=O) groups excluding carboxylic acids is 4. The summed E-state index contributed by atoms with van der Waals surface area (Å²) in [4.78, 5) is 51.0. The van der Waals surface area contributed by atoms with Crippen LogP contribution in [0.2, 0.25) is 0 Å². The van der Waals surface area contributed by atoms with E-state index in [9.17, 15) is 19.2 Å². The van der Waals surface area contributed by atoms with Crippen LogP contribution in [-0.2, 0) is 35.1 Å². The van der Waals surface area contributed by atoms with E-state index >= 15 is 0 Å². The summed E-state index contributed by atoms with van der Waals surface area (Å²) in [5, 5.41) is 0. The van der Waals surface area contributed by atoms with Crippen LogP contribution >= 0.6 is 0 Å². The lowest BCUT2D eigenvalue weighted by atomic mass is 9.62. The van der Waals surface area contributed by atoms with E-state index in [0.29, 0.717) is 18.6 Å². The third-order valence-electron chi connectivity index (χ3n) is 6.96. The van der Waals surface area contributed by atoms with Crippen molar-refractivity contribution in [1.82, 2.24) is 0 Å². The first-order valence-corrected chi connectivity index (χ1v) is 10.1. The van der Waals surface area contributed by atoms with Crippen LogP contribution in [0.5, 0.6) is 0 Å². The van der Waals surface area contributed by atoms with Crippen LogP contribution in [0.1, 0.15) is 57.8 Å². The lowest BCUT2D eigenvalue weighted by molar-refractivity contribution is -0.171. The van der Waals surface area contributed by atoms with Crippen LogP contribution in [0, 0.1) is 23.2 Å². The first-order valence-electron chi connectivity index (χ1n) is 10.1. The number of hydrogen-bond donors (Lipinski definition) is 0. The Balaban J connectivity index is 1.86. The number of fused-ring (bicyclic) bond motifs is 2. The van der Waals surface area contributed by atoms with E-state index in [-0.39, 0.29) is 29.8 Å². The summed E-state index contributed by atoms with van der Waals surface area (Å²) in [6, 6.07) is 1.75. The molecule has 0 bridgehead atoms. The van der Waals surface area contributed by atoms with Crippen LogP contribution in [0.15, 0.2) is 16.7 Å². The quantitative estimate of drug-likeness (QED) is 0.666. The summed E-state index contributed by atoms with van der Waals surface area (Å²) in [6.45, 7) is 6.60. The maximum atomic E-state index is 13.4. The van der Waals surface area contributed by atoms with Crippen LogP contribution < -0.4 is 0 Å². The second-order valence-corrected chi connectivity index (χ2v) is 9.16. The number of esters is 2. The van der Waals surface area contributed by atoms with E-state index in [1.54, 1.807) is 19.9 Å². The number of ketones is 2. The predicted octanol–water partition coefficient (Wildman–Crippen LogP) is 2.60. The third kappa shape index (κ3) is 3.11. The molecule has 2 heterocycles. The van der Waals surface area contributed by atoms with Crippen LogP contribution in [-0.4, -0.2) is 35.7 Å². The molecule has 0 amide bonds. The molecule has 7 nitrogen and oxygen atoms in total. The highest BCUT2D eigenvalue weighted by molar-refractivity contribution is 5.93. The SMILES string of the molecule is CC(=O)O[C@@H]1C(=O)C(C)(C)CCC(=O)[C@H](C)[C@H]2Cc3occc3[C@@H]3C(=O)O[C@@H]1[C@H]23. The van der Waals surface area contributed by atoms with Gasteiger partial charge in [-0.3, -0.25) is 19.2 Å². The molecule has 0 N–H and O–H groups in total. The largest absolute Gasteiger partial charge is 0.469 e. The molecule has 1 aromatic heterocycles. The summed E-state index contributed by atoms with van der Waals surface area (Å²) < 4.78 is 16.8. The third-order valence-corrected chi connectivity index (χ3v) is 6.96. The van der Waals surface area contributed by atoms with E-state index in [1.165, 1.54) is 13.2 Å². The molecule has 0 unspecified atom stereocenters. The number of furan rings is 1.